The Morgan fingerprint density at radius 1 is 1.26 bits per heavy atom. The fraction of sp³-hybridized carbons (Fsp3) is 0.471. The SMILES string of the molecule is CCc1nc(NC(CC)c2c(C)nn(C)c2C)c2ccsc2n1. The summed E-state index contributed by atoms with van der Waals surface area (Å²) in [5, 5.41) is 11.4. The Bertz CT molecular complexity index is 833. The first-order chi connectivity index (χ1) is 11.0. The molecule has 0 aliphatic rings. The smallest absolute Gasteiger partial charge is 0.139 e. The third kappa shape index (κ3) is 2.83. The van der Waals surface area contributed by atoms with E-state index in [-0.39, 0.29) is 6.04 Å². The number of aryl methyl sites for hydroxylation is 3. The summed E-state index contributed by atoms with van der Waals surface area (Å²) >= 11 is 1.66. The van der Waals surface area contributed by atoms with Crippen LogP contribution in [0.4, 0.5) is 5.82 Å². The van der Waals surface area contributed by atoms with Crippen molar-refractivity contribution in [2.75, 3.05) is 5.32 Å². The highest BCUT2D eigenvalue weighted by Crippen LogP contribution is 2.31. The van der Waals surface area contributed by atoms with E-state index >= 15 is 0 Å². The van der Waals surface area contributed by atoms with Crippen LogP contribution in [0.2, 0.25) is 0 Å². The van der Waals surface area contributed by atoms with Crippen molar-refractivity contribution in [2.24, 2.45) is 7.05 Å². The molecule has 122 valence electrons. The van der Waals surface area contributed by atoms with Crippen LogP contribution in [-0.2, 0) is 13.5 Å². The minimum atomic E-state index is 0.200. The normalized spacial score (nSPS) is 12.7. The maximum atomic E-state index is 4.73. The first-order valence-electron chi connectivity index (χ1n) is 8.05. The molecule has 0 amide bonds. The minimum Gasteiger partial charge on any atom is -0.362 e. The Labute approximate surface area is 140 Å². The van der Waals surface area contributed by atoms with Crippen LogP contribution < -0.4 is 5.32 Å². The second kappa shape index (κ2) is 6.28. The molecule has 0 aliphatic heterocycles. The molecule has 0 saturated heterocycles. The molecule has 0 bridgehead atoms. The molecular weight excluding hydrogens is 306 g/mol. The molecule has 3 heterocycles. The van der Waals surface area contributed by atoms with Gasteiger partial charge in [0.2, 0.25) is 0 Å². The summed E-state index contributed by atoms with van der Waals surface area (Å²) in [4.78, 5) is 10.4. The molecule has 1 N–H and O–H groups in total. The zero-order valence-corrected chi connectivity index (χ0v) is 15.2. The average molecular weight is 329 g/mol. The van der Waals surface area contributed by atoms with E-state index in [1.165, 1.54) is 11.3 Å². The minimum absolute atomic E-state index is 0.200. The van der Waals surface area contributed by atoms with Crippen LogP contribution in [0.25, 0.3) is 10.2 Å². The molecule has 0 spiro atoms. The van der Waals surface area contributed by atoms with E-state index < -0.39 is 0 Å². The van der Waals surface area contributed by atoms with Crippen LogP contribution in [-0.4, -0.2) is 19.7 Å². The Hall–Kier alpha value is -1.95. The number of thiophene rings is 1. The summed E-state index contributed by atoms with van der Waals surface area (Å²) in [7, 11) is 2.00. The zero-order valence-electron chi connectivity index (χ0n) is 14.3. The van der Waals surface area contributed by atoms with E-state index in [0.29, 0.717) is 0 Å². The summed E-state index contributed by atoms with van der Waals surface area (Å²) in [6, 6.07) is 2.30. The molecule has 6 heteroatoms. The van der Waals surface area contributed by atoms with Gasteiger partial charge in [0.25, 0.3) is 0 Å². The third-order valence-corrected chi connectivity index (χ3v) is 5.13. The van der Waals surface area contributed by atoms with E-state index in [9.17, 15) is 0 Å². The standard InChI is InChI=1S/C17H23N5S/c1-6-13(15-10(3)21-22(5)11(15)4)18-16-12-8-9-23-17(12)20-14(7-2)19-16/h8-9,13H,6-7H2,1-5H3,(H,18,19,20). The van der Waals surface area contributed by atoms with E-state index in [0.717, 1.165) is 40.4 Å². The Kier molecular flexibility index (Phi) is 4.35. The number of hydrogen-bond acceptors (Lipinski definition) is 5. The van der Waals surface area contributed by atoms with E-state index in [1.54, 1.807) is 11.3 Å². The second-order valence-corrected chi connectivity index (χ2v) is 6.69. The van der Waals surface area contributed by atoms with Gasteiger partial charge in [0.1, 0.15) is 16.5 Å². The van der Waals surface area contributed by atoms with Crippen molar-refractivity contribution in [1.82, 2.24) is 19.7 Å². The fourth-order valence-electron chi connectivity index (χ4n) is 3.01. The quantitative estimate of drug-likeness (QED) is 0.763. The van der Waals surface area contributed by atoms with Crippen molar-refractivity contribution in [1.29, 1.82) is 0 Å². The molecule has 5 nitrogen and oxygen atoms in total. The van der Waals surface area contributed by atoms with Gasteiger partial charge >= 0.3 is 0 Å². The number of hydrogen-bond donors (Lipinski definition) is 1. The van der Waals surface area contributed by atoms with Gasteiger partial charge in [0.05, 0.1) is 17.1 Å². The summed E-state index contributed by atoms with van der Waals surface area (Å²) in [6.07, 6.45) is 1.81. The van der Waals surface area contributed by atoms with Crippen molar-refractivity contribution in [3.05, 3.63) is 34.2 Å². The molecule has 0 aliphatic carbocycles. The van der Waals surface area contributed by atoms with Gasteiger partial charge in [0, 0.05) is 24.7 Å². The van der Waals surface area contributed by atoms with Gasteiger partial charge in [-0.1, -0.05) is 13.8 Å². The Balaban J connectivity index is 2.04. The maximum Gasteiger partial charge on any atom is 0.139 e. The highest BCUT2D eigenvalue weighted by Gasteiger charge is 2.20. The zero-order chi connectivity index (χ0) is 16.6. The highest BCUT2D eigenvalue weighted by molar-refractivity contribution is 7.16. The monoisotopic (exact) mass is 329 g/mol. The Morgan fingerprint density at radius 3 is 2.65 bits per heavy atom. The summed E-state index contributed by atoms with van der Waals surface area (Å²) < 4.78 is 1.95. The predicted octanol–water partition coefficient (Wildman–Crippen LogP) is 4.17. The molecule has 3 rings (SSSR count). The van der Waals surface area contributed by atoms with Gasteiger partial charge in [-0.2, -0.15) is 5.10 Å². The molecule has 0 saturated carbocycles. The lowest BCUT2D eigenvalue weighted by Crippen LogP contribution is -2.14. The number of fused-ring (bicyclic) bond motifs is 1. The maximum absolute atomic E-state index is 4.73. The molecule has 1 atom stereocenters. The Morgan fingerprint density at radius 2 is 2.04 bits per heavy atom. The van der Waals surface area contributed by atoms with Crippen LogP contribution >= 0.6 is 11.3 Å². The number of nitrogens with one attached hydrogen (secondary N) is 1. The molecule has 0 radical (unpaired) electrons. The van der Waals surface area contributed by atoms with Crippen LogP contribution in [0.3, 0.4) is 0 Å². The molecule has 3 aromatic rings. The average Bonchev–Trinajstić information content (AvgIpc) is 3.10. The van der Waals surface area contributed by atoms with Gasteiger partial charge in [0.15, 0.2) is 0 Å². The van der Waals surface area contributed by atoms with Gasteiger partial charge in [-0.15, -0.1) is 11.3 Å². The van der Waals surface area contributed by atoms with Gasteiger partial charge in [-0.25, -0.2) is 9.97 Å². The molecule has 3 aromatic heterocycles. The van der Waals surface area contributed by atoms with Crippen molar-refractivity contribution in [2.45, 2.75) is 46.6 Å². The van der Waals surface area contributed by atoms with E-state index in [2.05, 4.69) is 54.5 Å². The fourth-order valence-corrected chi connectivity index (χ4v) is 3.79. The van der Waals surface area contributed by atoms with Crippen molar-refractivity contribution >= 4 is 27.4 Å². The first-order valence-corrected chi connectivity index (χ1v) is 8.93. The van der Waals surface area contributed by atoms with Crippen LogP contribution in [0, 0.1) is 13.8 Å². The number of aromatic nitrogens is 4. The summed E-state index contributed by atoms with van der Waals surface area (Å²) in [5.74, 6) is 1.82. The number of rotatable bonds is 5. The van der Waals surface area contributed by atoms with Gasteiger partial charge in [-0.05, 0) is 31.7 Å². The number of anilines is 1. The summed E-state index contributed by atoms with van der Waals surface area (Å²) in [5.41, 5.74) is 3.55. The van der Waals surface area contributed by atoms with Crippen molar-refractivity contribution in [3.63, 3.8) is 0 Å². The lowest BCUT2D eigenvalue weighted by atomic mass is 10.0. The topological polar surface area (TPSA) is 55.6 Å². The molecule has 1 unspecified atom stereocenters. The predicted molar refractivity (Wildman–Crippen MR) is 96.1 cm³/mol. The molecular formula is C17H23N5S. The highest BCUT2D eigenvalue weighted by atomic mass is 32.1. The lowest BCUT2D eigenvalue weighted by molar-refractivity contribution is 0.714. The van der Waals surface area contributed by atoms with Gasteiger partial charge in [-0.3, -0.25) is 4.68 Å². The van der Waals surface area contributed by atoms with E-state index in [1.807, 2.05) is 11.7 Å². The van der Waals surface area contributed by atoms with Crippen LogP contribution in [0.15, 0.2) is 11.4 Å². The second-order valence-electron chi connectivity index (χ2n) is 5.79. The lowest BCUT2D eigenvalue weighted by Gasteiger charge is -2.19. The first kappa shape index (κ1) is 15.9. The molecule has 0 fully saturated rings. The molecule has 0 aromatic carbocycles. The van der Waals surface area contributed by atoms with Gasteiger partial charge < -0.3 is 5.32 Å². The largest absolute Gasteiger partial charge is 0.362 e. The van der Waals surface area contributed by atoms with Crippen LogP contribution in [0.5, 0.6) is 0 Å². The van der Waals surface area contributed by atoms with Crippen LogP contribution in [0.1, 0.15) is 49.1 Å². The summed E-state index contributed by atoms with van der Waals surface area (Å²) in [6.45, 7) is 8.48. The van der Waals surface area contributed by atoms with Crippen molar-refractivity contribution in [3.8, 4) is 0 Å². The number of nitrogens with zero attached hydrogens (tertiary/aromatic N) is 4. The third-order valence-electron chi connectivity index (χ3n) is 4.32. The molecule has 23 heavy (non-hydrogen) atoms. The van der Waals surface area contributed by atoms with E-state index in [4.69, 9.17) is 4.98 Å². The van der Waals surface area contributed by atoms with Crippen molar-refractivity contribution < 1.29 is 0 Å².